The van der Waals surface area contributed by atoms with E-state index in [0.717, 1.165) is 16.5 Å². The molecule has 3 aromatic rings. The maximum Gasteiger partial charge on any atom is 0.339 e. The second kappa shape index (κ2) is 5.18. The van der Waals surface area contributed by atoms with Crippen molar-refractivity contribution in [3.05, 3.63) is 77.4 Å². The average molecular weight is 306 g/mol. The number of benzene rings is 3. The van der Waals surface area contributed by atoms with Crippen molar-refractivity contribution in [2.24, 2.45) is 0 Å². The first-order valence-electron chi connectivity index (χ1n) is 7.15. The molecule has 0 bridgehead atoms. The number of cyclic esters (lactones) is 1. The van der Waals surface area contributed by atoms with E-state index in [9.17, 15) is 4.79 Å². The Hall–Kier alpha value is -2.26. The van der Waals surface area contributed by atoms with Gasteiger partial charge in [0.2, 0.25) is 0 Å². The highest BCUT2D eigenvalue weighted by molar-refractivity contribution is 7.98. The largest absolute Gasteiger partial charge is 0.449 e. The van der Waals surface area contributed by atoms with E-state index in [4.69, 9.17) is 4.74 Å². The molecule has 1 atom stereocenters. The van der Waals surface area contributed by atoms with Crippen LogP contribution in [0.1, 0.15) is 27.6 Å². The minimum atomic E-state index is -0.315. The molecule has 0 amide bonds. The average Bonchev–Trinajstić information content (AvgIpc) is 2.91. The third kappa shape index (κ3) is 1.93. The summed E-state index contributed by atoms with van der Waals surface area (Å²) in [5.74, 6) is -0.237. The van der Waals surface area contributed by atoms with E-state index in [-0.39, 0.29) is 12.1 Å². The van der Waals surface area contributed by atoms with Crippen LogP contribution in [0, 0.1) is 0 Å². The molecular weight excluding hydrogens is 292 g/mol. The fourth-order valence-electron chi connectivity index (χ4n) is 3.08. The monoisotopic (exact) mass is 306 g/mol. The van der Waals surface area contributed by atoms with E-state index < -0.39 is 0 Å². The van der Waals surface area contributed by atoms with E-state index in [1.54, 1.807) is 11.8 Å². The summed E-state index contributed by atoms with van der Waals surface area (Å²) in [5, 5.41) is 2.34. The Bertz CT molecular complexity index is 885. The lowest BCUT2D eigenvalue weighted by molar-refractivity contribution is 0.0458. The van der Waals surface area contributed by atoms with Gasteiger partial charge in [-0.05, 0) is 29.2 Å². The molecule has 0 radical (unpaired) electrons. The zero-order valence-electron chi connectivity index (χ0n) is 12.1. The number of esters is 1. The summed E-state index contributed by atoms with van der Waals surface area (Å²) in [4.78, 5) is 13.3. The lowest BCUT2D eigenvalue weighted by Crippen LogP contribution is -2.02. The van der Waals surface area contributed by atoms with E-state index in [2.05, 4.69) is 30.5 Å². The third-order valence-corrected chi connectivity index (χ3v) is 4.90. The van der Waals surface area contributed by atoms with Crippen LogP contribution in [0.15, 0.2) is 65.6 Å². The lowest BCUT2D eigenvalue weighted by atomic mass is 9.95. The molecule has 0 N–H and O–H groups in total. The van der Waals surface area contributed by atoms with Crippen LogP contribution < -0.4 is 0 Å². The normalized spacial score (nSPS) is 16.6. The number of carbonyl (C=O) groups is 1. The van der Waals surface area contributed by atoms with E-state index in [1.165, 1.54) is 10.3 Å². The first-order valence-corrected chi connectivity index (χ1v) is 8.37. The van der Waals surface area contributed by atoms with Crippen LogP contribution in [0.2, 0.25) is 0 Å². The van der Waals surface area contributed by atoms with Crippen molar-refractivity contribution >= 4 is 28.5 Å². The minimum absolute atomic E-state index is 0.237. The van der Waals surface area contributed by atoms with Crippen molar-refractivity contribution in [2.75, 3.05) is 6.26 Å². The van der Waals surface area contributed by atoms with Crippen LogP contribution >= 0.6 is 11.8 Å². The lowest BCUT2D eigenvalue weighted by Gasteiger charge is -2.15. The van der Waals surface area contributed by atoms with Gasteiger partial charge in [0.1, 0.15) is 0 Å². The molecule has 1 aliphatic heterocycles. The Balaban J connectivity index is 1.95. The standard InChI is InChI=1S/C19H14O2S/c1-22-17-11-10-15(12-6-2-3-7-13(12)17)18-14-8-4-5-9-16(14)19(20)21-18/h2-11,18H,1H3/t18-/m0/s1. The molecule has 0 fully saturated rings. The van der Waals surface area contributed by atoms with Crippen LogP contribution in [0.3, 0.4) is 0 Å². The number of thioether (sulfide) groups is 1. The molecule has 0 spiro atoms. The predicted molar refractivity (Wildman–Crippen MR) is 89.4 cm³/mol. The fraction of sp³-hybridized carbons (Fsp3) is 0.105. The molecule has 4 rings (SSSR count). The summed E-state index contributed by atoms with van der Waals surface area (Å²) in [6.45, 7) is 0. The van der Waals surface area contributed by atoms with Crippen LogP contribution in [-0.2, 0) is 4.74 Å². The van der Waals surface area contributed by atoms with Crippen molar-refractivity contribution in [1.29, 1.82) is 0 Å². The summed E-state index contributed by atoms with van der Waals surface area (Å²) in [6.07, 6.45) is 1.76. The summed E-state index contributed by atoms with van der Waals surface area (Å²) < 4.78 is 5.65. The van der Waals surface area contributed by atoms with Crippen LogP contribution in [0.4, 0.5) is 0 Å². The number of fused-ring (bicyclic) bond motifs is 2. The number of hydrogen-bond donors (Lipinski definition) is 0. The van der Waals surface area contributed by atoms with Gasteiger partial charge in [0.05, 0.1) is 5.56 Å². The van der Waals surface area contributed by atoms with Crippen molar-refractivity contribution in [1.82, 2.24) is 0 Å². The maximum absolute atomic E-state index is 12.1. The maximum atomic E-state index is 12.1. The molecule has 0 aliphatic carbocycles. The first kappa shape index (κ1) is 13.4. The zero-order valence-corrected chi connectivity index (χ0v) is 12.9. The molecule has 3 aromatic carbocycles. The van der Waals surface area contributed by atoms with Crippen molar-refractivity contribution < 1.29 is 9.53 Å². The van der Waals surface area contributed by atoms with Crippen LogP contribution in [-0.4, -0.2) is 12.2 Å². The highest BCUT2D eigenvalue weighted by Crippen LogP contribution is 2.40. The van der Waals surface area contributed by atoms with E-state index in [0.29, 0.717) is 5.56 Å². The molecular formula is C19H14O2S. The van der Waals surface area contributed by atoms with E-state index in [1.807, 2.05) is 36.4 Å². The predicted octanol–water partition coefficient (Wildman–Crippen LogP) is 4.82. The van der Waals surface area contributed by atoms with E-state index >= 15 is 0 Å². The number of carbonyl (C=O) groups excluding carboxylic acids is 1. The van der Waals surface area contributed by atoms with Crippen molar-refractivity contribution in [3.63, 3.8) is 0 Å². The van der Waals surface area contributed by atoms with Gasteiger partial charge >= 0.3 is 5.97 Å². The van der Waals surface area contributed by atoms with Gasteiger partial charge in [0, 0.05) is 16.0 Å². The molecule has 1 aliphatic rings. The second-order valence-electron chi connectivity index (χ2n) is 5.28. The van der Waals surface area contributed by atoms with Gasteiger partial charge < -0.3 is 4.74 Å². The molecule has 0 saturated heterocycles. The fourth-order valence-corrected chi connectivity index (χ4v) is 3.68. The molecule has 0 unspecified atom stereocenters. The van der Waals surface area contributed by atoms with Gasteiger partial charge in [0.15, 0.2) is 6.10 Å². The Morgan fingerprint density at radius 1 is 0.864 bits per heavy atom. The Labute approximate surface area is 133 Å². The summed E-state index contributed by atoms with van der Waals surface area (Å²) in [6, 6.07) is 20.1. The number of hydrogen-bond acceptors (Lipinski definition) is 3. The Morgan fingerprint density at radius 3 is 2.41 bits per heavy atom. The van der Waals surface area contributed by atoms with Crippen molar-refractivity contribution in [3.8, 4) is 0 Å². The smallest absolute Gasteiger partial charge is 0.339 e. The SMILES string of the molecule is CSc1ccc([C@H]2OC(=O)c3ccccc32)c2ccccc12. The molecule has 0 saturated carbocycles. The molecule has 22 heavy (non-hydrogen) atoms. The van der Waals surface area contributed by atoms with Gasteiger partial charge in [-0.1, -0.05) is 48.5 Å². The van der Waals surface area contributed by atoms with Gasteiger partial charge in [-0.15, -0.1) is 11.8 Å². The van der Waals surface area contributed by atoms with Gasteiger partial charge in [-0.2, -0.15) is 0 Å². The minimum Gasteiger partial charge on any atom is -0.449 e. The summed E-state index contributed by atoms with van der Waals surface area (Å²) in [5.41, 5.74) is 2.67. The number of ether oxygens (including phenoxy) is 1. The van der Waals surface area contributed by atoms with Gasteiger partial charge in [-0.3, -0.25) is 0 Å². The quantitative estimate of drug-likeness (QED) is 0.501. The van der Waals surface area contributed by atoms with Crippen molar-refractivity contribution in [2.45, 2.75) is 11.0 Å². The summed E-state index contributed by atoms with van der Waals surface area (Å²) >= 11 is 1.73. The van der Waals surface area contributed by atoms with Crippen LogP contribution in [0.5, 0.6) is 0 Å². The summed E-state index contributed by atoms with van der Waals surface area (Å²) in [7, 11) is 0. The molecule has 3 heteroatoms. The molecule has 108 valence electrons. The first-order chi connectivity index (χ1) is 10.8. The third-order valence-electron chi connectivity index (χ3n) is 4.11. The zero-order chi connectivity index (χ0) is 15.1. The Kier molecular flexibility index (Phi) is 3.16. The second-order valence-corrected chi connectivity index (χ2v) is 6.12. The topological polar surface area (TPSA) is 26.3 Å². The highest BCUT2D eigenvalue weighted by Gasteiger charge is 2.32. The van der Waals surface area contributed by atoms with Gasteiger partial charge in [0.25, 0.3) is 0 Å². The molecule has 1 heterocycles. The Morgan fingerprint density at radius 2 is 1.59 bits per heavy atom. The van der Waals surface area contributed by atoms with Gasteiger partial charge in [-0.25, -0.2) is 4.79 Å². The van der Waals surface area contributed by atoms with Crippen LogP contribution in [0.25, 0.3) is 10.8 Å². The molecule has 0 aromatic heterocycles. The molecule has 2 nitrogen and oxygen atoms in total. The highest BCUT2D eigenvalue weighted by atomic mass is 32.2. The number of rotatable bonds is 2.